The Balaban J connectivity index is 2.40. The Morgan fingerprint density at radius 3 is 2.35 bits per heavy atom. The maximum absolute atomic E-state index is 6.41. The van der Waals surface area contributed by atoms with Crippen LogP contribution in [-0.4, -0.2) is 14.2 Å². The lowest BCUT2D eigenvalue weighted by Gasteiger charge is -2.17. The van der Waals surface area contributed by atoms with Crippen LogP contribution in [-0.2, 0) is 6.42 Å². The van der Waals surface area contributed by atoms with Gasteiger partial charge in [0.2, 0.25) is 0 Å². The highest BCUT2D eigenvalue weighted by Crippen LogP contribution is 2.35. The van der Waals surface area contributed by atoms with Crippen molar-refractivity contribution in [1.82, 2.24) is 0 Å². The highest BCUT2D eigenvalue weighted by molar-refractivity contribution is 7.12. The van der Waals surface area contributed by atoms with Crippen LogP contribution in [0.4, 0.5) is 0 Å². The minimum absolute atomic E-state index is 0.125. The lowest BCUT2D eigenvalue weighted by Crippen LogP contribution is -2.12. The predicted octanol–water partition coefficient (Wildman–Crippen LogP) is 3.68. The molecule has 0 saturated heterocycles. The van der Waals surface area contributed by atoms with Crippen LogP contribution in [0.5, 0.6) is 11.5 Å². The Morgan fingerprint density at radius 2 is 1.80 bits per heavy atom. The molecule has 3 nitrogen and oxygen atoms in total. The van der Waals surface area contributed by atoms with Crippen molar-refractivity contribution < 1.29 is 9.47 Å². The van der Waals surface area contributed by atoms with Crippen LogP contribution in [0, 0.1) is 6.92 Å². The molecule has 2 N–H and O–H groups in total. The zero-order valence-corrected chi connectivity index (χ0v) is 13.2. The van der Waals surface area contributed by atoms with Crippen molar-refractivity contribution in [3.63, 3.8) is 0 Å². The third kappa shape index (κ3) is 2.81. The number of hydrogen-bond donors (Lipinski definition) is 1. The van der Waals surface area contributed by atoms with Gasteiger partial charge in [-0.25, -0.2) is 0 Å². The van der Waals surface area contributed by atoms with Crippen LogP contribution in [0.3, 0.4) is 0 Å². The van der Waals surface area contributed by atoms with Gasteiger partial charge in [0.25, 0.3) is 0 Å². The molecule has 0 spiro atoms. The van der Waals surface area contributed by atoms with Gasteiger partial charge in [-0.15, -0.1) is 11.3 Å². The van der Waals surface area contributed by atoms with Gasteiger partial charge in [0.15, 0.2) is 11.5 Å². The van der Waals surface area contributed by atoms with E-state index in [0.29, 0.717) is 0 Å². The van der Waals surface area contributed by atoms with Gasteiger partial charge in [-0.1, -0.05) is 6.92 Å². The van der Waals surface area contributed by atoms with Gasteiger partial charge in [-0.05, 0) is 48.7 Å². The first-order chi connectivity index (χ1) is 9.60. The lowest BCUT2D eigenvalue weighted by atomic mass is 10.00. The van der Waals surface area contributed by atoms with Gasteiger partial charge in [0.05, 0.1) is 20.3 Å². The van der Waals surface area contributed by atoms with Gasteiger partial charge in [-0.3, -0.25) is 0 Å². The minimum Gasteiger partial charge on any atom is -0.493 e. The zero-order valence-electron chi connectivity index (χ0n) is 12.4. The fourth-order valence-electron chi connectivity index (χ4n) is 2.24. The Morgan fingerprint density at radius 1 is 1.15 bits per heavy atom. The van der Waals surface area contributed by atoms with E-state index in [1.165, 1.54) is 9.75 Å². The summed E-state index contributed by atoms with van der Waals surface area (Å²) in [6.07, 6.45) is 1.04. The smallest absolute Gasteiger partial charge is 0.161 e. The normalized spacial score (nSPS) is 12.2. The highest BCUT2D eigenvalue weighted by Gasteiger charge is 2.17. The molecule has 2 aromatic rings. The van der Waals surface area contributed by atoms with Gasteiger partial charge in [0, 0.05) is 9.75 Å². The van der Waals surface area contributed by atoms with E-state index in [1.807, 2.05) is 19.1 Å². The minimum atomic E-state index is -0.125. The number of rotatable bonds is 5. The summed E-state index contributed by atoms with van der Waals surface area (Å²) in [5.41, 5.74) is 8.60. The fourth-order valence-corrected chi connectivity index (χ4v) is 3.21. The summed E-state index contributed by atoms with van der Waals surface area (Å²) >= 11 is 1.77. The summed E-state index contributed by atoms with van der Waals surface area (Å²) < 4.78 is 10.7. The third-order valence-corrected chi connectivity index (χ3v) is 4.76. The van der Waals surface area contributed by atoms with Crippen molar-refractivity contribution in [2.45, 2.75) is 26.3 Å². The molecule has 0 fully saturated rings. The van der Waals surface area contributed by atoms with Crippen LogP contribution < -0.4 is 15.2 Å². The van der Waals surface area contributed by atoms with Crippen LogP contribution in [0.2, 0.25) is 0 Å². The summed E-state index contributed by atoms with van der Waals surface area (Å²) in [4.78, 5) is 2.53. The molecule has 0 saturated carbocycles. The molecule has 2 rings (SSSR count). The van der Waals surface area contributed by atoms with Gasteiger partial charge in [-0.2, -0.15) is 0 Å². The fraction of sp³-hybridized carbons (Fsp3) is 0.375. The summed E-state index contributed by atoms with van der Waals surface area (Å²) in [7, 11) is 3.28. The molecular weight excluding hydrogens is 270 g/mol. The van der Waals surface area contributed by atoms with Crippen molar-refractivity contribution in [3.8, 4) is 11.5 Å². The second-order valence-corrected chi connectivity index (χ2v) is 5.90. The van der Waals surface area contributed by atoms with E-state index >= 15 is 0 Å². The van der Waals surface area contributed by atoms with Crippen molar-refractivity contribution in [1.29, 1.82) is 0 Å². The van der Waals surface area contributed by atoms with E-state index in [0.717, 1.165) is 29.0 Å². The highest BCUT2D eigenvalue weighted by atomic mass is 32.1. The van der Waals surface area contributed by atoms with Crippen LogP contribution in [0.1, 0.15) is 33.8 Å². The molecule has 0 aliphatic heterocycles. The topological polar surface area (TPSA) is 44.5 Å². The SMILES string of the molecule is CCc1ccc(C(N)c2cc(OC)c(OC)cc2C)s1. The largest absolute Gasteiger partial charge is 0.493 e. The van der Waals surface area contributed by atoms with Crippen LogP contribution in [0.25, 0.3) is 0 Å². The maximum Gasteiger partial charge on any atom is 0.161 e. The van der Waals surface area contributed by atoms with Gasteiger partial charge < -0.3 is 15.2 Å². The Labute approximate surface area is 124 Å². The van der Waals surface area contributed by atoms with Crippen molar-refractivity contribution in [3.05, 3.63) is 45.1 Å². The third-order valence-electron chi connectivity index (χ3n) is 3.44. The molecule has 0 aliphatic carbocycles. The number of benzene rings is 1. The Kier molecular flexibility index (Phi) is 4.68. The van der Waals surface area contributed by atoms with Gasteiger partial charge >= 0.3 is 0 Å². The standard InChI is InChI=1S/C16H21NO2S/c1-5-11-6-7-15(20-11)16(17)12-9-14(19-4)13(18-3)8-10(12)2/h6-9,16H,5,17H2,1-4H3. The molecule has 0 bridgehead atoms. The summed E-state index contributed by atoms with van der Waals surface area (Å²) in [6, 6.07) is 8.09. The molecule has 1 unspecified atom stereocenters. The summed E-state index contributed by atoms with van der Waals surface area (Å²) in [5.74, 6) is 1.46. The Hall–Kier alpha value is -1.52. The number of aryl methyl sites for hydroxylation is 2. The van der Waals surface area contributed by atoms with E-state index in [4.69, 9.17) is 15.2 Å². The molecule has 0 aliphatic rings. The van der Waals surface area contributed by atoms with E-state index in [1.54, 1.807) is 25.6 Å². The molecule has 108 valence electrons. The van der Waals surface area contributed by atoms with Crippen molar-refractivity contribution in [2.24, 2.45) is 5.73 Å². The maximum atomic E-state index is 6.41. The van der Waals surface area contributed by atoms with Gasteiger partial charge in [0.1, 0.15) is 0 Å². The number of nitrogens with two attached hydrogens (primary N) is 1. The van der Waals surface area contributed by atoms with E-state index in [9.17, 15) is 0 Å². The monoisotopic (exact) mass is 291 g/mol. The lowest BCUT2D eigenvalue weighted by molar-refractivity contribution is 0.354. The number of methoxy groups -OCH3 is 2. The molecule has 1 aromatic carbocycles. The average molecular weight is 291 g/mol. The van der Waals surface area contributed by atoms with Crippen LogP contribution in [0.15, 0.2) is 24.3 Å². The predicted molar refractivity (Wildman–Crippen MR) is 84.0 cm³/mol. The first-order valence-electron chi connectivity index (χ1n) is 6.67. The van der Waals surface area contributed by atoms with E-state index in [-0.39, 0.29) is 6.04 Å². The molecule has 1 atom stereocenters. The number of thiophene rings is 1. The first-order valence-corrected chi connectivity index (χ1v) is 7.49. The Bertz CT molecular complexity index is 592. The van der Waals surface area contributed by atoms with Crippen molar-refractivity contribution in [2.75, 3.05) is 14.2 Å². The first kappa shape index (κ1) is 14.9. The molecule has 1 heterocycles. The van der Waals surface area contributed by atoms with Crippen molar-refractivity contribution >= 4 is 11.3 Å². The molecule has 0 amide bonds. The molecular formula is C16H21NO2S. The number of ether oxygens (including phenoxy) is 2. The quantitative estimate of drug-likeness (QED) is 0.914. The van der Waals surface area contributed by atoms with E-state index in [2.05, 4.69) is 19.1 Å². The second kappa shape index (κ2) is 6.29. The van der Waals surface area contributed by atoms with E-state index < -0.39 is 0 Å². The molecule has 4 heteroatoms. The molecule has 0 radical (unpaired) electrons. The van der Waals surface area contributed by atoms with Crippen LogP contribution >= 0.6 is 11.3 Å². The summed E-state index contributed by atoms with van der Waals surface area (Å²) in [5, 5.41) is 0. The number of hydrogen-bond acceptors (Lipinski definition) is 4. The second-order valence-electron chi connectivity index (χ2n) is 4.70. The molecule has 1 aromatic heterocycles. The summed E-state index contributed by atoms with van der Waals surface area (Å²) in [6.45, 7) is 4.20. The zero-order chi connectivity index (χ0) is 14.7. The average Bonchev–Trinajstić information content (AvgIpc) is 2.95. The molecule has 20 heavy (non-hydrogen) atoms.